The first-order chi connectivity index (χ1) is 5.34. The summed E-state index contributed by atoms with van der Waals surface area (Å²) in [5.41, 5.74) is 1.30. The highest BCUT2D eigenvalue weighted by atomic mass is 127. The Bertz CT molecular complexity index is 223. The summed E-state index contributed by atoms with van der Waals surface area (Å²) < 4.78 is 1.26. The number of hydrogen-bond donors (Lipinski definition) is 0. The van der Waals surface area contributed by atoms with Gasteiger partial charge in [-0.05, 0) is 47.1 Å². The van der Waals surface area contributed by atoms with E-state index in [2.05, 4.69) is 34.7 Å². The first kappa shape index (κ1) is 9.00. The van der Waals surface area contributed by atoms with Crippen molar-refractivity contribution in [1.82, 2.24) is 0 Å². The van der Waals surface area contributed by atoms with Gasteiger partial charge in [0, 0.05) is 3.57 Å². The lowest BCUT2D eigenvalue weighted by atomic mass is 10.1. The van der Waals surface area contributed by atoms with Crippen molar-refractivity contribution < 1.29 is 5.11 Å². The Morgan fingerprint density at radius 3 is 2.64 bits per heavy atom. The summed E-state index contributed by atoms with van der Waals surface area (Å²) in [7, 11) is 0. The highest BCUT2D eigenvalue weighted by Crippen LogP contribution is 2.12. The molecular weight excluding hydrogens is 251 g/mol. The smallest absolute Gasteiger partial charge is 0.0825 e. The average Bonchev–Trinajstić information content (AvgIpc) is 2.03. The van der Waals surface area contributed by atoms with Gasteiger partial charge in [0.25, 0.3) is 0 Å². The van der Waals surface area contributed by atoms with Gasteiger partial charge in [0.1, 0.15) is 0 Å². The summed E-state index contributed by atoms with van der Waals surface area (Å²) in [6.07, 6.45) is 1.67. The molecule has 0 aliphatic carbocycles. The summed E-state index contributed by atoms with van der Waals surface area (Å²) >= 11 is 2.30. The van der Waals surface area contributed by atoms with Crippen LogP contribution in [0.15, 0.2) is 24.3 Å². The number of benzene rings is 1. The zero-order chi connectivity index (χ0) is 8.10. The summed E-state index contributed by atoms with van der Waals surface area (Å²) in [5.74, 6) is 0. The van der Waals surface area contributed by atoms with Crippen LogP contribution in [0.4, 0.5) is 0 Å². The summed E-state index contributed by atoms with van der Waals surface area (Å²) in [5, 5.41) is 10.2. The van der Waals surface area contributed by atoms with Crippen LogP contribution in [-0.2, 0) is 11.5 Å². The molecular formula is C9H10IO. The molecule has 2 heteroatoms. The molecule has 0 saturated heterocycles. The predicted octanol–water partition coefficient (Wildman–Crippen LogP) is 2.65. The molecule has 1 rings (SSSR count). The van der Waals surface area contributed by atoms with Crippen LogP contribution in [0, 0.1) is 3.57 Å². The molecule has 0 spiro atoms. The van der Waals surface area contributed by atoms with Crippen LogP contribution < -0.4 is 0 Å². The quantitative estimate of drug-likeness (QED) is 0.745. The molecule has 0 aliphatic heterocycles. The van der Waals surface area contributed by atoms with Crippen LogP contribution in [0.5, 0.6) is 0 Å². The van der Waals surface area contributed by atoms with Crippen molar-refractivity contribution in [3.8, 4) is 0 Å². The summed E-state index contributed by atoms with van der Waals surface area (Å²) in [4.78, 5) is 0. The molecule has 11 heavy (non-hydrogen) atoms. The van der Waals surface area contributed by atoms with Gasteiger partial charge in [-0.2, -0.15) is 0 Å². The molecule has 0 bridgehead atoms. The van der Waals surface area contributed by atoms with Gasteiger partial charge in [0.2, 0.25) is 0 Å². The van der Waals surface area contributed by atoms with E-state index >= 15 is 0 Å². The third-order valence-electron chi connectivity index (χ3n) is 1.55. The minimum atomic E-state index is 0.0327. The van der Waals surface area contributed by atoms with Crippen LogP contribution in [0.3, 0.4) is 0 Å². The molecule has 0 aromatic heterocycles. The lowest BCUT2D eigenvalue weighted by Crippen LogP contribution is -1.90. The second-order valence-electron chi connectivity index (χ2n) is 2.40. The maximum atomic E-state index is 10.2. The Labute approximate surface area is 80.6 Å². The Balaban J connectivity index is 2.62. The standard InChI is InChI=1S/C9H10IO/c10-9-6-2-1-4-8(9)5-3-7-11/h1-2,4,6H,3,5,7H2. The van der Waals surface area contributed by atoms with Crippen molar-refractivity contribution in [2.75, 3.05) is 6.61 Å². The zero-order valence-electron chi connectivity index (χ0n) is 6.22. The highest BCUT2D eigenvalue weighted by molar-refractivity contribution is 14.1. The number of halogens is 1. The van der Waals surface area contributed by atoms with E-state index in [4.69, 9.17) is 0 Å². The fourth-order valence-electron chi connectivity index (χ4n) is 0.964. The van der Waals surface area contributed by atoms with Crippen LogP contribution in [-0.4, -0.2) is 6.61 Å². The van der Waals surface area contributed by atoms with E-state index in [1.54, 1.807) is 0 Å². The largest absolute Gasteiger partial charge is 0.237 e. The van der Waals surface area contributed by atoms with Crippen LogP contribution in [0.25, 0.3) is 0 Å². The number of rotatable bonds is 3. The Morgan fingerprint density at radius 2 is 2.00 bits per heavy atom. The molecule has 0 heterocycles. The first-order valence-corrected chi connectivity index (χ1v) is 4.74. The Kier molecular flexibility index (Phi) is 3.86. The van der Waals surface area contributed by atoms with Gasteiger partial charge in [-0.15, -0.1) is 0 Å². The third kappa shape index (κ3) is 2.79. The molecule has 0 fully saturated rings. The minimum absolute atomic E-state index is 0.0327. The number of aryl methyl sites for hydroxylation is 1. The van der Waals surface area contributed by atoms with Gasteiger partial charge >= 0.3 is 0 Å². The van der Waals surface area contributed by atoms with Crippen molar-refractivity contribution in [1.29, 1.82) is 0 Å². The van der Waals surface area contributed by atoms with Crippen molar-refractivity contribution >= 4 is 22.6 Å². The van der Waals surface area contributed by atoms with Gasteiger partial charge in [-0.3, -0.25) is 0 Å². The molecule has 1 aromatic carbocycles. The predicted molar refractivity (Wildman–Crippen MR) is 53.0 cm³/mol. The second kappa shape index (κ2) is 4.72. The Morgan fingerprint density at radius 1 is 1.27 bits per heavy atom. The molecule has 0 amide bonds. The molecule has 1 aromatic rings. The molecule has 0 saturated carbocycles. The molecule has 0 N–H and O–H groups in total. The van der Waals surface area contributed by atoms with E-state index in [0.29, 0.717) is 0 Å². The molecule has 1 radical (unpaired) electrons. The number of hydrogen-bond acceptors (Lipinski definition) is 0. The highest BCUT2D eigenvalue weighted by Gasteiger charge is 1.96. The van der Waals surface area contributed by atoms with E-state index in [1.807, 2.05) is 12.1 Å². The monoisotopic (exact) mass is 261 g/mol. The third-order valence-corrected chi connectivity index (χ3v) is 2.60. The zero-order valence-corrected chi connectivity index (χ0v) is 8.37. The van der Waals surface area contributed by atoms with Crippen LogP contribution in [0.1, 0.15) is 12.0 Å². The van der Waals surface area contributed by atoms with E-state index in [-0.39, 0.29) is 6.61 Å². The van der Waals surface area contributed by atoms with E-state index in [1.165, 1.54) is 9.13 Å². The van der Waals surface area contributed by atoms with Crippen LogP contribution >= 0.6 is 22.6 Å². The SMILES string of the molecule is [O]CCCc1ccccc1I. The van der Waals surface area contributed by atoms with Crippen molar-refractivity contribution in [3.63, 3.8) is 0 Å². The van der Waals surface area contributed by atoms with Crippen LogP contribution in [0.2, 0.25) is 0 Å². The van der Waals surface area contributed by atoms with E-state index in [0.717, 1.165) is 12.8 Å². The topological polar surface area (TPSA) is 19.9 Å². The van der Waals surface area contributed by atoms with Gasteiger partial charge in [0.05, 0.1) is 6.61 Å². The lowest BCUT2D eigenvalue weighted by molar-refractivity contribution is 0.189. The Hall–Kier alpha value is -0.0900. The summed E-state index contributed by atoms with van der Waals surface area (Å²) in [6.45, 7) is 0.0327. The average molecular weight is 261 g/mol. The first-order valence-electron chi connectivity index (χ1n) is 3.66. The van der Waals surface area contributed by atoms with Crippen molar-refractivity contribution in [2.45, 2.75) is 12.8 Å². The molecule has 59 valence electrons. The lowest BCUT2D eigenvalue weighted by Gasteiger charge is -2.00. The second-order valence-corrected chi connectivity index (χ2v) is 3.56. The summed E-state index contributed by atoms with van der Waals surface area (Å²) in [6, 6.07) is 8.18. The van der Waals surface area contributed by atoms with E-state index < -0.39 is 0 Å². The maximum absolute atomic E-state index is 10.2. The van der Waals surface area contributed by atoms with Gasteiger partial charge < -0.3 is 0 Å². The molecule has 0 atom stereocenters. The van der Waals surface area contributed by atoms with E-state index in [9.17, 15) is 5.11 Å². The van der Waals surface area contributed by atoms with Gasteiger partial charge in [0.15, 0.2) is 0 Å². The molecule has 1 nitrogen and oxygen atoms in total. The minimum Gasteiger partial charge on any atom is -0.237 e. The van der Waals surface area contributed by atoms with Crippen molar-refractivity contribution in [3.05, 3.63) is 33.4 Å². The van der Waals surface area contributed by atoms with Gasteiger partial charge in [-0.25, -0.2) is 5.11 Å². The normalized spacial score (nSPS) is 10.0. The fraction of sp³-hybridized carbons (Fsp3) is 0.333. The molecule has 0 unspecified atom stereocenters. The van der Waals surface area contributed by atoms with Crippen molar-refractivity contribution in [2.24, 2.45) is 0 Å². The maximum Gasteiger partial charge on any atom is 0.0825 e. The fourth-order valence-corrected chi connectivity index (χ4v) is 1.62. The molecule has 0 aliphatic rings. The van der Waals surface area contributed by atoms with Gasteiger partial charge in [-0.1, -0.05) is 18.2 Å².